The van der Waals surface area contributed by atoms with E-state index in [1.807, 2.05) is 26.8 Å². The van der Waals surface area contributed by atoms with Gasteiger partial charge >= 0.3 is 5.97 Å². The first-order chi connectivity index (χ1) is 10.8. The van der Waals surface area contributed by atoms with Gasteiger partial charge in [0.2, 0.25) is 0 Å². The topological polar surface area (TPSA) is 50.2 Å². The number of rotatable bonds is 5. The summed E-state index contributed by atoms with van der Waals surface area (Å²) < 4.78 is 13.8. The van der Waals surface area contributed by atoms with Crippen LogP contribution in [0.2, 0.25) is 0 Å². The molecule has 23 heavy (non-hydrogen) atoms. The standard InChI is InChI=1S/C19H22FNO2/c1-5-16-18(19(22)23)14(8-11(2)3)10-17(21-16)13-7-6-12(4)15(20)9-13/h6-7,9-11H,5,8H2,1-4H3,(H,22,23). The number of aryl methyl sites for hydroxylation is 2. The van der Waals surface area contributed by atoms with Gasteiger partial charge in [0.05, 0.1) is 17.0 Å². The number of halogens is 1. The summed E-state index contributed by atoms with van der Waals surface area (Å²) in [6, 6.07) is 6.77. The van der Waals surface area contributed by atoms with Gasteiger partial charge in [-0.25, -0.2) is 9.18 Å². The minimum absolute atomic E-state index is 0.282. The molecule has 1 aromatic carbocycles. The van der Waals surface area contributed by atoms with E-state index in [4.69, 9.17) is 0 Å². The van der Waals surface area contributed by atoms with Gasteiger partial charge in [-0.1, -0.05) is 32.9 Å². The second-order valence-corrected chi connectivity index (χ2v) is 6.21. The molecule has 1 aromatic heterocycles. The molecule has 0 fully saturated rings. The third-order valence-corrected chi connectivity index (χ3v) is 3.82. The van der Waals surface area contributed by atoms with Crippen LogP contribution in [0.5, 0.6) is 0 Å². The lowest BCUT2D eigenvalue weighted by molar-refractivity contribution is 0.0694. The second-order valence-electron chi connectivity index (χ2n) is 6.21. The normalized spacial score (nSPS) is 11.0. The molecule has 0 amide bonds. The van der Waals surface area contributed by atoms with Crippen LogP contribution < -0.4 is 0 Å². The maximum absolute atomic E-state index is 13.8. The van der Waals surface area contributed by atoms with Gasteiger partial charge in [0.15, 0.2) is 0 Å². The van der Waals surface area contributed by atoms with E-state index in [9.17, 15) is 14.3 Å². The van der Waals surface area contributed by atoms with Crippen LogP contribution in [0.25, 0.3) is 11.3 Å². The predicted octanol–water partition coefficient (Wildman–Crippen LogP) is 4.66. The lowest BCUT2D eigenvalue weighted by atomic mass is 9.94. The van der Waals surface area contributed by atoms with Crippen LogP contribution in [0, 0.1) is 18.7 Å². The highest BCUT2D eigenvalue weighted by atomic mass is 19.1. The monoisotopic (exact) mass is 315 g/mol. The zero-order valence-electron chi connectivity index (χ0n) is 14.0. The van der Waals surface area contributed by atoms with Crippen molar-refractivity contribution >= 4 is 5.97 Å². The molecule has 1 heterocycles. The van der Waals surface area contributed by atoms with Gasteiger partial charge in [0.1, 0.15) is 5.82 Å². The number of pyridine rings is 1. The SMILES string of the molecule is CCc1nc(-c2ccc(C)c(F)c2)cc(CC(C)C)c1C(=O)O. The second kappa shape index (κ2) is 6.90. The maximum Gasteiger partial charge on any atom is 0.337 e. The number of benzene rings is 1. The number of carbonyl (C=O) groups is 1. The van der Waals surface area contributed by atoms with E-state index >= 15 is 0 Å². The van der Waals surface area contributed by atoms with E-state index in [0.29, 0.717) is 41.3 Å². The van der Waals surface area contributed by atoms with Crippen LogP contribution in [0.3, 0.4) is 0 Å². The number of hydrogen-bond acceptors (Lipinski definition) is 2. The molecule has 0 saturated heterocycles. The summed E-state index contributed by atoms with van der Waals surface area (Å²) in [6.07, 6.45) is 1.17. The lowest BCUT2D eigenvalue weighted by Gasteiger charge is -2.15. The highest BCUT2D eigenvalue weighted by molar-refractivity contribution is 5.91. The molecule has 3 nitrogen and oxygen atoms in total. The maximum atomic E-state index is 13.8. The summed E-state index contributed by atoms with van der Waals surface area (Å²) in [4.78, 5) is 16.1. The first-order valence-corrected chi connectivity index (χ1v) is 7.86. The minimum atomic E-state index is -0.952. The van der Waals surface area contributed by atoms with Crippen LogP contribution in [-0.4, -0.2) is 16.1 Å². The fourth-order valence-electron chi connectivity index (χ4n) is 2.67. The van der Waals surface area contributed by atoms with Crippen molar-refractivity contribution < 1.29 is 14.3 Å². The van der Waals surface area contributed by atoms with Crippen molar-refractivity contribution in [2.24, 2.45) is 5.92 Å². The molecule has 0 aliphatic heterocycles. The highest BCUT2D eigenvalue weighted by Crippen LogP contribution is 2.26. The number of aromatic nitrogens is 1. The molecule has 122 valence electrons. The van der Waals surface area contributed by atoms with E-state index in [2.05, 4.69) is 4.98 Å². The number of aromatic carboxylic acids is 1. The molecule has 0 atom stereocenters. The molecule has 0 aliphatic rings. The molecular weight excluding hydrogens is 293 g/mol. The third kappa shape index (κ3) is 3.76. The number of hydrogen-bond donors (Lipinski definition) is 1. The first kappa shape index (κ1) is 17.1. The van der Waals surface area contributed by atoms with Crippen LogP contribution >= 0.6 is 0 Å². The Balaban J connectivity index is 2.65. The largest absolute Gasteiger partial charge is 0.478 e. The Labute approximate surface area is 136 Å². The highest BCUT2D eigenvalue weighted by Gasteiger charge is 2.19. The van der Waals surface area contributed by atoms with Gasteiger partial charge in [0.25, 0.3) is 0 Å². The summed E-state index contributed by atoms with van der Waals surface area (Å²) in [5.41, 5.74) is 3.47. The molecule has 0 unspecified atom stereocenters. The molecule has 0 radical (unpaired) electrons. The van der Waals surface area contributed by atoms with Crippen molar-refractivity contribution in [1.29, 1.82) is 0 Å². The van der Waals surface area contributed by atoms with Crippen molar-refractivity contribution in [2.75, 3.05) is 0 Å². The quantitative estimate of drug-likeness (QED) is 0.873. The molecule has 2 aromatic rings. The summed E-state index contributed by atoms with van der Waals surface area (Å²) in [5.74, 6) is -0.912. The first-order valence-electron chi connectivity index (χ1n) is 7.86. The van der Waals surface area contributed by atoms with E-state index in [-0.39, 0.29) is 11.4 Å². The summed E-state index contributed by atoms with van der Waals surface area (Å²) in [6.45, 7) is 7.68. The van der Waals surface area contributed by atoms with Crippen molar-refractivity contribution in [3.8, 4) is 11.3 Å². The summed E-state index contributed by atoms with van der Waals surface area (Å²) in [7, 11) is 0. The molecule has 4 heteroatoms. The van der Waals surface area contributed by atoms with Crippen LogP contribution in [-0.2, 0) is 12.8 Å². The molecule has 0 saturated carbocycles. The minimum Gasteiger partial charge on any atom is -0.478 e. The van der Waals surface area contributed by atoms with Gasteiger partial charge in [-0.2, -0.15) is 0 Å². The zero-order chi connectivity index (χ0) is 17.1. The van der Waals surface area contributed by atoms with E-state index < -0.39 is 5.97 Å². The molecule has 0 aliphatic carbocycles. The average Bonchev–Trinajstić information content (AvgIpc) is 2.48. The Hall–Kier alpha value is -2.23. The number of nitrogens with zero attached hydrogens (tertiary/aromatic N) is 1. The van der Waals surface area contributed by atoms with Crippen molar-refractivity contribution in [2.45, 2.75) is 40.5 Å². The van der Waals surface area contributed by atoms with Gasteiger partial charge in [-0.15, -0.1) is 0 Å². The van der Waals surface area contributed by atoms with Crippen LogP contribution in [0.4, 0.5) is 4.39 Å². The van der Waals surface area contributed by atoms with E-state index in [1.54, 1.807) is 19.1 Å². The Bertz CT molecular complexity index is 738. The van der Waals surface area contributed by atoms with Gasteiger partial charge < -0.3 is 5.11 Å². The lowest BCUT2D eigenvalue weighted by Crippen LogP contribution is -2.12. The van der Waals surface area contributed by atoms with Crippen molar-refractivity contribution in [3.63, 3.8) is 0 Å². The molecule has 1 N–H and O–H groups in total. The van der Waals surface area contributed by atoms with E-state index in [0.717, 1.165) is 5.56 Å². The Kier molecular flexibility index (Phi) is 5.14. The Morgan fingerprint density at radius 3 is 2.52 bits per heavy atom. The average molecular weight is 315 g/mol. The molecular formula is C19H22FNO2. The van der Waals surface area contributed by atoms with E-state index in [1.165, 1.54) is 6.07 Å². The van der Waals surface area contributed by atoms with Gasteiger partial charge in [0, 0.05) is 5.56 Å². The molecule has 2 rings (SSSR count). The van der Waals surface area contributed by atoms with Crippen LogP contribution in [0.1, 0.15) is 48.0 Å². The van der Waals surface area contributed by atoms with Crippen LogP contribution in [0.15, 0.2) is 24.3 Å². The summed E-state index contributed by atoms with van der Waals surface area (Å²) in [5, 5.41) is 9.53. The zero-order valence-corrected chi connectivity index (χ0v) is 14.0. The smallest absolute Gasteiger partial charge is 0.337 e. The molecule has 0 bridgehead atoms. The number of carboxylic acid groups (broad SMARTS) is 1. The van der Waals surface area contributed by atoms with Crippen molar-refractivity contribution in [3.05, 3.63) is 52.5 Å². The fourth-order valence-corrected chi connectivity index (χ4v) is 2.67. The number of carboxylic acids is 1. The Morgan fingerprint density at radius 2 is 2.00 bits per heavy atom. The third-order valence-electron chi connectivity index (χ3n) is 3.82. The fraction of sp³-hybridized carbons (Fsp3) is 0.368. The summed E-state index contributed by atoms with van der Waals surface area (Å²) >= 11 is 0. The van der Waals surface area contributed by atoms with Gasteiger partial charge in [-0.3, -0.25) is 4.98 Å². The van der Waals surface area contributed by atoms with Gasteiger partial charge in [-0.05, 0) is 48.9 Å². The predicted molar refractivity (Wildman–Crippen MR) is 89.2 cm³/mol. The molecule has 0 spiro atoms. The Morgan fingerprint density at radius 1 is 1.30 bits per heavy atom. The van der Waals surface area contributed by atoms with Crippen molar-refractivity contribution in [1.82, 2.24) is 4.98 Å².